The molecule has 0 radical (unpaired) electrons. The van der Waals surface area contributed by atoms with Gasteiger partial charge in [-0.25, -0.2) is 0 Å². The van der Waals surface area contributed by atoms with Crippen LogP contribution in [-0.2, 0) is 17.8 Å². The number of phenolic OH excluding ortho intramolecular Hbond substituents is 1. The van der Waals surface area contributed by atoms with Crippen molar-refractivity contribution in [2.24, 2.45) is 23.2 Å². The SMILES string of the molecule is CC12CCC3c4ccc(O)cc4CCC3C1CC(CC(=O)NCc1ccco1)C2O. The molecule has 0 bridgehead atoms. The molecule has 1 aromatic heterocycles. The molecule has 2 aromatic rings. The Balaban J connectivity index is 1.29. The Kier molecular flexibility index (Phi) is 4.89. The van der Waals surface area contributed by atoms with Crippen molar-refractivity contribution in [3.8, 4) is 5.75 Å². The molecular weight excluding hydrogens is 378 g/mol. The van der Waals surface area contributed by atoms with Crippen LogP contribution in [0.2, 0.25) is 0 Å². The smallest absolute Gasteiger partial charge is 0.220 e. The fourth-order valence-corrected chi connectivity index (χ4v) is 6.83. The number of hydrogen-bond acceptors (Lipinski definition) is 4. The van der Waals surface area contributed by atoms with Crippen LogP contribution in [0.25, 0.3) is 0 Å². The Morgan fingerprint density at radius 3 is 2.97 bits per heavy atom. The lowest BCUT2D eigenvalue weighted by molar-refractivity contribution is -0.123. The van der Waals surface area contributed by atoms with Crippen LogP contribution in [0, 0.1) is 23.2 Å². The highest BCUT2D eigenvalue weighted by Crippen LogP contribution is 2.62. The lowest BCUT2D eigenvalue weighted by Gasteiger charge is -2.50. The third-order valence-corrected chi connectivity index (χ3v) is 8.31. The highest BCUT2D eigenvalue weighted by molar-refractivity contribution is 5.76. The summed E-state index contributed by atoms with van der Waals surface area (Å²) in [5.41, 5.74) is 2.56. The third-order valence-electron chi connectivity index (χ3n) is 8.31. The zero-order chi connectivity index (χ0) is 20.9. The van der Waals surface area contributed by atoms with Gasteiger partial charge in [0, 0.05) is 6.42 Å². The number of aromatic hydroxyl groups is 1. The van der Waals surface area contributed by atoms with Crippen LogP contribution in [0.1, 0.15) is 61.8 Å². The number of carbonyl (C=O) groups excluding carboxylic acids is 1. The quantitative estimate of drug-likeness (QED) is 0.709. The van der Waals surface area contributed by atoms with Gasteiger partial charge < -0.3 is 19.9 Å². The Morgan fingerprint density at radius 2 is 2.17 bits per heavy atom. The van der Waals surface area contributed by atoms with Gasteiger partial charge in [-0.2, -0.15) is 0 Å². The molecule has 2 saturated carbocycles. The summed E-state index contributed by atoms with van der Waals surface area (Å²) in [5.74, 6) is 2.58. The number of carbonyl (C=O) groups is 1. The second-order valence-electron chi connectivity index (χ2n) is 9.84. The number of aliphatic hydroxyl groups excluding tert-OH is 1. The van der Waals surface area contributed by atoms with E-state index in [1.54, 1.807) is 6.26 Å². The number of fused-ring (bicyclic) bond motifs is 5. The first kappa shape index (κ1) is 19.7. The van der Waals surface area contributed by atoms with E-state index in [9.17, 15) is 15.0 Å². The highest BCUT2D eigenvalue weighted by atomic mass is 16.3. The average Bonchev–Trinajstić information content (AvgIpc) is 3.34. The summed E-state index contributed by atoms with van der Waals surface area (Å²) in [6.45, 7) is 2.63. The van der Waals surface area contributed by atoms with Gasteiger partial charge >= 0.3 is 0 Å². The first-order valence-electron chi connectivity index (χ1n) is 11.2. The molecule has 5 rings (SSSR count). The van der Waals surface area contributed by atoms with E-state index in [0.29, 0.717) is 36.5 Å². The van der Waals surface area contributed by atoms with Crippen molar-refractivity contribution in [2.45, 2.75) is 64.0 Å². The van der Waals surface area contributed by atoms with E-state index in [1.807, 2.05) is 24.3 Å². The van der Waals surface area contributed by atoms with E-state index < -0.39 is 6.10 Å². The van der Waals surface area contributed by atoms with Gasteiger partial charge in [0.2, 0.25) is 5.91 Å². The normalized spacial score (nSPS) is 34.7. The van der Waals surface area contributed by atoms with Gasteiger partial charge in [0.1, 0.15) is 11.5 Å². The number of nitrogens with one attached hydrogen (secondary N) is 1. The summed E-state index contributed by atoms with van der Waals surface area (Å²) in [4.78, 5) is 12.5. The second kappa shape index (κ2) is 7.45. The summed E-state index contributed by atoms with van der Waals surface area (Å²) < 4.78 is 5.28. The molecular formula is C25H31NO4. The van der Waals surface area contributed by atoms with Crippen molar-refractivity contribution < 1.29 is 19.4 Å². The monoisotopic (exact) mass is 409 g/mol. The van der Waals surface area contributed by atoms with Crippen LogP contribution in [0.3, 0.4) is 0 Å². The number of rotatable bonds is 4. The summed E-state index contributed by atoms with van der Waals surface area (Å²) >= 11 is 0. The van der Waals surface area contributed by atoms with Crippen LogP contribution < -0.4 is 5.32 Å². The second-order valence-corrected chi connectivity index (χ2v) is 9.84. The summed E-state index contributed by atoms with van der Waals surface area (Å²) in [6.07, 6.45) is 6.62. The van der Waals surface area contributed by atoms with Crippen LogP contribution in [-0.4, -0.2) is 22.2 Å². The third kappa shape index (κ3) is 3.24. The molecule has 5 nitrogen and oxygen atoms in total. The van der Waals surface area contributed by atoms with Gasteiger partial charge in [0.15, 0.2) is 0 Å². The molecule has 2 fully saturated rings. The fraction of sp³-hybridized carbons (Fsp3) is 0.560. The first-order valence-corrected chi connectivity index (χ1v) is 11.2. The molecule has 3 N–H and O–H groups in total. The molecule has 5 heteroatoms. The number of phenols is 1. The largest absolute Gasteiger partial charge is 0.508 e. The number of aliphatic hydroxyl groups is 1. The van der Waals surface area contributed by atoms with E-state index in [0.717, 1.165) is 37.9 Å². The minimum Gasteiger partial charge on any atom is -0.508 e. The summed E-state index contributed by atoms with van der Waals surface area (Å²) in [5, 5.41) is 24.0. The maximum absolute atomic E-state index is 12.5. The topological polar surface area (TPSA) is 82.7 Å². The van der Waals surface area contributed by atoms with E-state index >= 15 is 0 Å². The van der Waals surface area contributed by atoms with Crippen molar-refractivity contribution >= 4 is 5.91 Å². The maximum atomic E-state index is 12.5. The Morgan fingerprint density at radius 1 is 1.30 bits per heavy atom. The molecule has 160 valence electrons. The van der Waals surface area contributed by atoms with Gasteiger partial charge in [-0.3, -0.25) is 4.79 Å². The van der Waals surface area contributed by atoms with Crippen molar-refractivity contribution in [2.75, 3.05) is 0 Å². The molecule has 6 unspecified atom stereocenters. The van der Waals surface area contributed by atoms with Gasteiger partial charge in [0.05, 0.1) is 18.9 Å². The zero-order valence-electron chi connectivity index (χ0n) is 17.5. The molecule has 3 aliphatic rings. The van der Waals surface area contributed by atoms with Crippen LogP contribution in [0.5, 0.6) is 5.75 Å². The molecule has 3 aliphatic carbocycles. The van der Waals surface area contributed by atoms with Gasteiger partial charge in [-0.15, -0.1) is 0 Å². The van der Waals surface area contributed by atoms with Crippen molar-refractivity contribution in [1.29, 1.82) is 0 Å². The molecule has 0 saturated heterocycles. The van der Waals surface area contributed by atoms with Crippen LogP contribution in [0.4, 0.5) is 0 Å². The zero-order valence-corrected chi connectivity index (χ0v) is 17.5. The number of hydrogen-bond donors (Lipinski definition) is 3. The lowest BCUT2D eigenvalue weighted by Crippen LogP contribution is -2.44. The first-order chi connectivity index (χ1) is 14.5. The molecule has 1 amide bonds. The van der Waals surface area contributed by atoms with Crippen molar-refractivity contribution in [3.63, 3.8) is 0 Å². The lowest BCUT2D eigenvalue weighted by atomic mass is 9.55. The van der Waals surface area contributed by atoms with Crippen LogP contribution >= 0.6 is 0 Å². The van der Waals surface area contributed by atoms with Crippen molar-refractivity contribution in [1.82, 2.24) is 5.32 Å². The van der Waals surface area contributed by atoms with E-state index in [2.05, 4.69) is 18.3 Å². The van der Waals surface area contributed by atoms with E-state index in [-0.39, 0.29) is 17.2 Å². The van der Waals surface area contributed by atoms with E-state index in [4.69, 9.17) is 4.42 Å². The maximum Gasteiger partial charge on any atom is 0.220 e. The fourth-order valence-electron chi connectivity index (χ4n) is 6.83. The predicted octanol–water partition coefficient (Wildman–Crippen LogP) is 4.13. The Bertz CT molecular complexity index is 923. The Hall–Kier alpha value is -2.27. The summed E-state index contributed by atoms with van der Waals surface area (Å²) in [7, 11) is 0. The Labute approximate surface area is 177 Å². The number of aryl methyl sites for hydroxylation is 1. The number of amides is 1. The van der Waals surface area contributed by atoms with E-state index in [1.165, 1.54) is 11.1 Å². The highest BCUT2D eigenvalue weighted by Gasteiger charge is 2.58. The standard InChI is InChI=1S/C25H31NO4/c1-25-9-8-20-19-7-5-17(27)11-15(19)4-6-21(20)22(25)12-16(24(25)29)13-23(28)26-14-18-3-2-10-30-18/h2-3,5,7,10-11,16,20-22,24,27,29H,4,6,8-9,12-14H2,1H3,(H,26,28). The molecule has 6 atom stereocenters. The van der Waals surface area contributed by atoms with Gasteiger partial charge in [-0.05, 0) is 96.6 Å². The number of furan rings is 1. The predicted molar refractivity (Wildman–Crippen MR) is 113 cm³/mol. The minimum absolute atomic E-state index is 0.0107. The molecule has 1 heterocycles. The average molecular weight is 410 g/mol. The summed E-state index contributed by atoms with van der Waals surface area (Å²) in [6, 6.07) is 9.50. The molecule has 0 spiro atoms. The van der Waals surface area contributed by atoms with Gasteiger partial charge in [0.25, 0.3) is 0 Å². The molecule has 1 aromatic carbocycles. The minimum atomic E-state index is -0.431. The molecule has 0 aliphatic heterocycles. The molecule has 30 heavy (non-hydrogen) atoms. The van der Waals surface area contributed by atoms with Gasteiger partial charge in [-0.1, -0.05) is 13.0 Å². The van der Waals surface area contributed by atoms with Crippen LogP contribution in [0.15, 0.2) is 41.0 Å². The number of benzene rings is 1. The van der Waals surface area contributed by atoms with Crippen molar-refractivity contribution in [3.05, 3.63) is 53.5 Å².